The molecule has 1 aliphatic heterocycles. The van der Waals surface area contributed by atoms with Crippen molar-refractivity contribution in [3.05, 3.63) is 57.4 Å². The van der Waals surface area contributed by atoms with Gasteiger partial charge in [0.05, 0.1) is 17.2 Å². The number of carbonyl (C=O) groups is 1. The van der Waals surface area contributed by atoms with E-state index in [0.717, 1.165) is 10.2 Å². The fourth-order valence-electron chi connectivity index (χ4n) is 2.33. The van der Waals surface area contributed by atoms with Crippen molar-refractivity contribution in [2.45, 2.75) is 6.92 Å². The molecule has 0 saturated carbocycles. The minimum absolute atomic E-state index is 0.106. The maximum Gasteiger partial charge on any atom is 0.270 e. The summed E-state index contributed by atoms with van der Waals surface area (Å²) in [5, 5.41) is 9.97. The van der Waals surface area contributed by atoms with Crippen molar-refractivity contribution in [2.24, 2.45) is 0 Å². The van der Waals surface area contributed by atoms with Gasteiger partial charge in [-0.25, -0.2) is 0 Å². The maximum absolute atomic E-state index is 12.8. The van der Waals surface area contributed by atoms with Crippen LogP contribution in [-0.4, -0.2) is 21.9 Å². The first-order valence-corrected chi connectivity index (χ1v) is 9.50. The van der Waals surface area contributed by atoms with Gasteiger partial charge in [0.15, 0.2) is 4.32 Å². The van der Waals surface area contributed by atoms with Gasteiger partial charge in [0, 0.05) is 10.0 Å². The molecule has 1 N–H and O–H groups in total. The number of rotatable bonds is 4. The molecule has 0 aromatic heterocycles. The van der Waals surface area contributed by atoms with Crippen LogP contribution in [0.15, 0.2) is 51.8 Å². The Morgan fingerprint density at radius 2 is 2.00 bits per heavy atom. The summed E-state index contributed by atoms with van der Waals surface area (Å²) >= 11 is 9.93. The molecular weight excluding hydrogens is 422 g/mol. The SMILES string of the molecule is CCOc1ccc(N2C(=O)/C(=C/c3cc(Br)ccc3O)SC2=S)cc1. The van der Waals surface area contributed by atoms with Crippen LogP contribution in [-0.2, 0) is 4.79 Å². The van der Waals surface area contributed by atoms with Crippen LogP contribution >= 0.6 is 39.9 Å². The molecule has 2 aromatic rings. The minimum Gasteiger partial charge on any atom is -0.507 e. The predicted octanol–water partition coefficient (Wildman–Crippen LogP) is 4.96. The van der Waals surface area contributed by atoms with Crippen LogP contribution in [0, 0.1) is 0 Å². The quantitative estimate of drug-likeness (QED) is 0.543. The van der Waals surface area contributed by atoms with E-state index in [0.29, 0.717) is 27.1 Å². The second kappa shape index (κ2) is 7.59. The lowest BCUT2D eigenvalue weighted by Gasteiger charge is -2.15. The Kier molecular flexibility index (Phi) is 5.46. The van der Waals surface area contributed by atoms with Crippen molar-refractivity contribution in [1.82, 2.24) is 0 Å². The van der Waals surface area contributed by atoms with Crippen molar-refractivity contribution in [1.29, 1.82) is 0 Å². The van der Waals surface area contributed by atoms with Crippen LogP contribution in [0.3, 0.4) is 0 Å². The van der Waals surface area contributed by atoms with Crippen molar-refractivity contribution in [2.75, 3.05) is 11.5 Å². The Morgan fingerprint density at radius 1 is 1.28 bits per heavy atom. The molecule has 1 fully saturated rings. The number of thioether (sulfide) groups is 1. The highest BCUT2D eigenvalue weighted by molar-refractivity contribution is 9.10. The van der Waals surface area contributed by atoms with E-state index in [9.17, 15) is 9.90 Å². The normalized spacial score (nSPS) is 15.9. The molecule has 1 saturated heterocycles. The smallest absolute Gasteiger partial charge is 0.270 e. The van der Waals surface area contributed by atoms with E-state index in [4.69, 9.17) is 17.0 Å². The highest BCUT2D eigenvalue weighted by atomic mass is 79.9. The summed E-state index contributed by atoms with van der Waals surface area (Å²) in [5.74, 6) is 0.638. The molecule has 1 aliphatic rings. The third kappa shape index (κ3) is 3.89. The molecule has 0 atom stereocenters. The van der Waals surface area contributed by atoms with E-state index in [-0.39, 0.29) is 11.7 Å². The fourth-order valence-corrected chi connectivity index (χ4v) is 4.00. The first-order valence-electron chi connectivity index (χ1n) is 7.49. The van der Waals surface area contributed by atoms with Crippen LogP contribution in [0.4, 0.5) is 5.69 Å². The number of anilines is 1. The van der Waals surface area contributed by atoms with E-state index >= 15 is 0 Å². The van der Waals surface area contributed by atoms with Crippen molar-refractivity contribution in [3.63, 3.8) is 0 Å². The van der Waals surface area contributed by atoms with Gasteiger partial charge in [0.25, 0.3) is 5.91 Å². The molecule has 0 spiro atoms. The largest absolute Gasteiger partial charge is 0.507 e. The van der Waals surface area contributed by atoms with Crippen LogP contribution in [0.25, 0.3) is 6.08 Å². The average Bonchev–Trinajstić information content (AvgIpc) is 2.86. The Hall–Kier alpha value is -1.83. The van der Waals surface area contributed by atoms with Crippen molar-refractivity contribution >= 4 is 61.9 Å². The van der Waals surface area contributed by atoms with Crippen molar-refractivity contribution in [3.8, 4) is 11.5 Å². The molecule has 128 valence electrons. The Labute approximate surface area is 163 Å². The second-order valence-corrected chi connectivity index (χ2v) is 7.74. The van der Waals surface area contributed by atoms with Crippen LogP contribution in [0.1, 0.15) is 12.5 Å². The number of phenols is 1. The number of aromatic hydroxyl groups is 1. The van der Waals surface area contributed by atoms with Crippen LogP contribution in [0.5, 0.6) is 11.5 Å². The topological polar surface area (TPSA) is 49.8 Å². The van der Waals surface area contributed by atoms with Gasteiger partial charge in [-0.15, -0.1) is 0 Å². The van der Waals surface area contributed by atoms with Gasteiger partial charge < -0.3 is 9.84 Å². The van der Waals surface area contributed by atoms with E-state index in [1.165, 1.54) is 16.7 Å². The summed E-state index contributed by atoms with van der Waals surface area (Å²) in [6, 6.07) is 12.3. The number of amides is 1. The number of benzene rings is 2. The zero-order valence-corrected chi connectivity index (χ0v) is 16.5. The monoisotopic (exact) mass is 435 g/mol. The van der Waals surface area contributed by atoms with Crippen LogP contribution in [0.2, 0.25) is 0 Å². The predicted molar refractivity (Wildman–Crippen MR) is 109 cm³/mol. The van der Waals surface area contributed by atoms with Gasteiger partial charge in [-0.2, -0.15) is 0 Å². The second-order valence-electron chi connectivity index (χ2n) is 5.15. The number of carbonyl (C=O) groups excluding carboxylic acids is 1. The molecule has 25 heavy (non-hydrogen) atoms. The van der Waals surface area contributed by atoms with Gasteiger partial charge in [-0.1, -0.05) is 39.9 Å². The highest BCUT2D eigenvalue weighted by Crippen LogP contribution is 2.37. The van der Waals surface area contributed by atoms with Gasteiger partial charge in [0.2, 0.25) is 0 Å². The molecule has 0 aliphatic carbocycles. The Balaban J connectivity index is 1.89. The van der Waals surface area contributed by atoms with E-state index in [2.05, 4.69) is 15.9 Å². The summed E-state index contributed by atoms with van der Waals surface area (Å²) in [7, 11) is 0. The first-order chi connectivity index (χ1) is 12.0. The van der Waals surface area contributed by atoms with Gasteiger partial charge >= 0.3 is 0 Å². The van der Waals surface area contributed by atoms with Crippen molar-refractivity contribution < 1.29 is 14.6 Å². The molecule has 1 amide bonds. The number of thiocarbonyl (C=S) groups is 1. The lowest BCUT2D eigenvalue weighted by Crippen LogP contribution is -2.27. The number of nitrogens with zero attached hydrogens (tertiary/aromatic N) is 1. The molecule has 3 rings (SSSR count). The number of ether oxygens (including phenoxy) is 1. The molecule has 0 bridgehead atoms. The molecule has 0 unspecified atom stereocenters. The third-order valence-corrected chi connectivity index (χ3v) is 5.27. The van der Waals surface area contributed by atoms with Crippen LogP contribution < -0.4 is 9.64 Å². The standard InChI is InChI=1S/C18H14BrNO3S2/c1-2-23-14-6-4-13(5-7-14)20-17(22)16(25-18(20)24)10-11-9-12(19)3-8-15(11)21/h3-10,21H,2H2,1H3/b16-10-. The zero-order valence-electron chi connectivity index (χ0n) is 13.2. The number of hydrogen-bond acceptors (Lipinski definition) is 5. The minimum atomic E-state index is -0.210. The zero-order chi connectivity index (χ0) is 18.0. The van der Waals surface area contributed by atoms with Gasteiger partial charge in [-0.3, -0.25) is 9.69 Å². The fraction of sp³-hybridized carbons (Fsp3) is 0.111. The number of phenolic OH excluding ortho intramolecular Hbond substituents is 1. The summed E-state index contributed by atoms with van der Waals surface area (Å²) in [6.07, 6.45) is 1.65. The first kappa shape index (κ1) is 18.0. The summed E-state index contributed by atoms with van der Waals surface area (Å²) < 4.78 is 6.69. The molecule has 4 nitrogen and oxygen atoms in total. The van der Waals surface area contributed by atoms with E-state index < -0.39 is 0 Å². The lowest BCUT2D eigenvalue weighted by molar-refractivity contribution is -0.113. The maximum atomic E-state index is 12.8. The highest BCUT2D eigenvalue weighted by Gasteiger charge is 2.33. The Bertz CT molecular complexity index is 865. The third-order valence-electron chi connectivity index (χ3n) is 3.48. The molecule has 7 heteroatoms. The molecule has 1 heterocycles. The molecular formula is C18H14BrNO3S2. The number of halogens is 1. The molecule has 2 aromatic carbocycles. The van der Waals surface area contributed by atoms with E-state index in [1.54, 1.807) is 48.5 Å². The molecule has 0 radical (unpaired) electrons. The van der Waals surface area contributed by atoms with Gasteiger partial charge in [0.1, 0.15) is 11.5 Å². The lowest BCUT2D eigenvalue weighted by atomic mass is 10.2. The van der Waals surface area contributed by atoms with Gasteiger partial charge in [-0.05, 0) is 55.5 Å². The summed E-state index contributed by atoms with van der Waals surface area (Å²) in [4.78, 5) is 14.7. The summed E-state index contributed by atoms with van der Waals surface area (Å²) in [6.45, 7) is 2.50. The number of hydrogen-bond donors (Lipinski definition) is 1. The summed E-state index contributed by atoms with van der Waals surface area (Å²) in [5.41, 5.74) is 1.24. The Morgan fingerprint density at radius 3 is 2.68 bits per heavy atom. The van der Waals surface area contributed by atoms with E-state index in [1.807, 2.05) is 6.92 Å². The average molecular weight is 436 g/mol.